The summed E-state index contributed by atoms with van der Waals surface area (Å²) in [5.74, 6) is -0.597. The Morgan fingerprint density at radius 2 is 1.67 bits per heavy atom. The molecule has 24 heavy (non-hydrogen) atoms. The van der Waals surface area contributed by atoms with Crippen molar-refractivity contribution >= 4 is 17.5 Å². The summed E-state index contributed by atoms with van der Waals surface area (Å²) >= 11 is 5.95. The molecule has 0 aromatic heterocycles. The van der Waals surface area contributed by atoms with Crippen molar-refractivity contribution in [2.75, 3.05) is 20.8 Å². The zero-order valence-corrected chi connectivity index (χ0v) is 14.3. The molecule has 2 aromatic rings. The lowest BCUT2D eigenvalue weighted by atomic mass is 9.97. The molecule has 2 rings (SSSR count). The number of benzene rings is 2. The van der Waals surface area contributed by atoms with Crippen molar-refractivity contribution in [3.63, 3.8) is 0 Å². The van der Waals surface area contributed by atoms with E-state index in [1.807, 2.05) is 12.1 Å². The average Bonchev–Trinajstić information content (AvgIpc) is 2.58. The molecule has 0 bridgehead atoms. The smallest absolute Gasteiger partial charge is 0.242 e. The normalized spacial score (nSPS) is 13.4. The van der Waals surface area contributed by atoms with Gasteiger partial charge in [-0.25, -0.2) is 4.39 Å². The van der Waals surface area contributed by atoms with Crippen LogP contribution in [0, 0.1) is 5.82 Å². The van der Waals surface area contributed by atoms with Gasteiger partial charge in [0.2, 0.25) is 5.91 Å². The minimum absolute atomic E-state index is 0.125. The quantitative estimate of drug-likeness (QED) is 0.871. The minimum Gasteiger partial charge on any atom is -0.383 e. The number of hydrogen-bond acceptors (Lipinski definition) is 3. The van der Waals surface area contributed by atoms with Gasteiger partial charge in [0.15, 0.2) is 0 Å². The van der Waals surface area contributed by atoms with E-state index in [0.717, 1.165) is 11.1 Å². The Bertz CT molecular complexity index is 631. The SMILES string of the molecule is COCC(N)C(=O)N(C)C(c1ccc(F)cc1)c1ccc(Cl)cc1. The Balaban J connectivity index is 2.40. The first kappa shape index (κ1) is 18.4. The van der Waals surface area contributed by atoms with E-state index in [1.54, 1.807) is 36.2 Å². The summed E-state index contributed by atoms with van der Waals surface area (Å²) < 4.78 is 18.2. The van der Waals surface area contributed by atoms with Crippen LogP contribution in [0.3, 0.4) is 0 Å². The van der Waals surface area contributed by atoms with Gasteiger partial charge in [-0.2, -0.15) is 0 Å². The van der Waals surface area contributed by atoms with Gasteiger partial charge in [-0.3, -0.25) is 4.79 Å². The number of nitrogens with zero attached hydrogens (tertiary/aromatic N) is 1. The molecule has 0 heterocycles. The maximum Gasteiger partial charge on any atom is 0.242 e. The standard InChI is InChI=1S/C18H20ClFN2O2/c1-22(18(23)16(21)11-24-2)17(12-3-7-14(19)8-4-12)13-5-9-15(20)10-6-13/h3-10,16-17H,11,21H2,1-2H3. The minimum atomic E-state index is -0.768. The molecule has 0 radical (unpaired) electrons. The number of amides is 1. The number of hydrogen-bond donors (Lipinski definition) is 1. The molecule has 0 saturated carbocycles. The number of methoxy groups -OCH3 is 1. The van der Waals surface area contributed by atoms with Gasteiger partial charge in [-0.15, -0.1) is 0 Å². The van der Waals surface area contributed by atoms with Crippen LogP contribution in [-0.2, 0) is 9.53 Å². The van der Waals surface area contributed by atoms with Crippen LogP contribution in [0.5, 0.6) is 0 Å². The van der Waals surface area contributed by atoms with Crippen LogP contribution in [0.4, 0.5) is 4.39 Å². The Kier molecular flexibility index (Phi) is 6.31. The topological polar surface area (TPSA) is 55.6 Å². The number of rotatable bonds is 6. The van der Waals surface area contributed by atoms with Gasteiger partial charge in [-0.05, 0) is 35.4 Å². The third-order valence-corrected chi connectivity index (χ3v) is 4.02. The van der Waals surface area contributed by atoms with Gasteiger partial charge in [0.25, 0.3) is 0 Å². The lowest BCUT2D eigenvalue weighted by Gasteiger charge is -2.31. The van der Waals surface area contributed by atoms with Crippen LogP contribution in [-0.4, -0.2) is 37.6 Å². The van der Waals surface area contributed by atoms with Crippen LogP contribution in [0.1, 0.15) is 17.2 Å². The molecule has 0 aliphatic heterocycles. The van der Waals surface area contributed by atoms with E-state index in [-0.39, 0.29) is 18.3 Å². The molecule has 2 N–H and O–H groups in total. The third kappa shape index (κ3) is 4.32. The van der Waals surface area contributed by atoms with Gasteiger partial charge >= 0.3 is 0 Å². The molecule has 4 nitrogen and oxygen atoms in total. The Morgan fingerprint density at radius 1 is 1.17 bits per heavy atom. The fraction of sp³-hybridized carbons (Fsp3) is 0.278. The first-order valence-electron chi connectivity index (χ1n) is 7.46. The number of carbonyl (C=O) groups is 1. The van der Waals surface area contributed by atoms with Crippen LogP contribution in [0.15, 0.2) is 48.5 Å². The van der Waals surface area contributed by atoms with Gasteiger partial charge in [0.1, 0.15) is 11.9 Å². The molecule has 2 atom stereocenters. The number of nitrogens with two attached hydrogens (primary N) is 1. The van der Waals surface area contributed by atoms with Crippen molar-refractivity contribution in [2.24, 2.45) is 5.73 Å². The van der Waals surface area contributed by atoms with Crippen molar-refractivity contribution in [2.45, 2.75) is 12.1 Å². The molecular weight excluding hydrogens is 331 g/mol. The summed E-state index contributed by atoms with van der Waals surface area (Å²) in [6.45, 7) is 0.125. The molecular formula is C18H20ClFN2O2. The molecule has 6 heteroatoms. The highest BCUT2D eigenvalue weighted by atomic mass is 35.5. The molecule has 0 spiro atoms. The summed E-state index contributed by atoms with van der Waals surface area (Å²) in [6, 6.07) is 12.0. The van der Waals surface area contributed by atoms with Crippen LogP contribution in [0.2, 0.25) is 5.02 Å². The van der Waals surface area contributed by atoms with E-state index in [0.29, 0.717) is 5.02 Å². The molecule has 128 valence electrons. The second-order valence-corrected chi connectivity index (χ2v) is 5.95. The van der Waals surface area contributed by atoms with Gasteiger partial charge in [-0.1, -0.05) is 35.9 Å². The van der Waals surface area contributed by atoms with Crippen molar-refractivity contribution in [3.8, 4) is 0 Å². The lowest BCUT2D eigenvalue weighted by Crippen LogP contribution is -2.46. The second kappa shape index (κ2) is 8.24. The summed E-state index contributed by atoms with van der Waals surface area (Å²) in [5.41, 5.74) is 7.50. The van der Waals surface area contributed by atoms with Gasteiger partial charge < -0.3 is 15.4 Å². The molecule has 2 unspecified atom stereocenters. The van der Waals surface area contributed by atoms with Crippen molar-refractivity contribution in [1.82, 2.24) is 4.90 Å². The number of likely N-dealkylation sites (N-methyl/N-ethyl adjacent to an activating group) is 1. The van der Waals surface area contributed by atoms with Crippen molar-refractivity contribution < 1.29 is 13.9 Å². The zero-order chi connectivity index (χ0) is 17.7. The number of ether oxygens (including phenoxy) is 1. The lowest BCUT2D eigenvalue weighted by molar-refractivity contribution is -0.134. The van der Waals surface area contributed by atoms with Crippen molar-refractivity contribution in [3.05, 3.63) is 70.5 Å². The zero-order valence-electron chi connectivity index (χ0n) is 13.6. The first-order chi connectivity index (χ1) is 11.4. The molecule has 0 saturated heterocycles. The summed E-state index contributed by atoms with van der Waals surface area (Å²) in [7, 11) is 3.16. The molecule has 2 aromatic carbocycles. The van der Waals surface area contributed by atoms with E-state index in [9.17, 15) is 9.18 Å². The Labute approximate surface area is 146 Å². The van der Waals surface area contributed by atoms with Crippen molar-refractivity contribution in [1.29, 1.82) is 0 Å². The van der Waals surface area contributed by atoms with E-state index in [1.165, 1.54) is 19.2 Å². The fourth-order valence-corrected chi connectivity index (χ4v) is 2.70. The molecule has 0 fully saturated rings. The average molecular weight is 351 g/mol. The van der Waals surface area contributed by atoms with E-state index in [2.05, 4.69) is 0 Å². The Morgan fingerprint density at radius 3 is 2.17 bits per heavy atom. The largest absolute Gasteiger partial charge is 0.383 e. The van der Waals surface area contributed by atoms with Gasteiger partial charge in [0, 0.05) is 19.2 Å². The maximum absolute atomic E-state index is 13.3. The molecule has 0 aliphatic carbocycles. The maximum atomic E-state index is 13.3. The predicted octanol–water partition coefficient (Wildman–Crippen LogP) is 3.00. The van der Waals surface area contributed by atoms with E-state index in [4.69, 9.17) is 22.1 Å². The number of halogens is 2. The number of carbonyl (C=O) groups excluding carboxylic acids is 1. The summed E-state index contributed by atoms with van der Waals surface area (Å²) in [6.07, 6.45) is 0. The fourth-order valence-electron chi connectivity index (χ4n) is 2.57. The van der Waals surface area contributed by atoms with Crippen LogP contribution < -0.4 is 5.73 Å². The van der Waals surface area contributed by atoms with E-state index < -0.39 is 12.1 Å². The molecule has 1 amide bonds. The highest BCUT2D eigenvalue weighted by Gasteiger charge is 2.27. The highest BCUT2D eigenvalue weighted by Crippen LogP contribution is 2.29. The highest BCUT2D eigenvalue weighted by molar-refractivity contribution is 6.30. The summed E-state index contributed by atoms with van der Waals surface area (Å²) in [4.78, 5) is 14.1. The van der Waals surface area contributed by atoms with Crippen LogP contribution >= 0.6 is 11.6 Å². The second-order valence-electron chi connectivity index (χ2n) is 5.52. The van der Waals surface area contributed by atoms with Gasteiger partial charge in [0.05, 0.1) is 12.6 Å². The van der Waals surface area contributed by atoms with E-state index >= 15 is 0 Å². The monoisotopic (exact) mass is 350 g/mol. The molecule has 0 aliphatic rings. The first-order valence-corrected chi connectivity index (χ1v) is 7.84. The Hall–Kier alpha value is -1.95. The third-order valence-electron chi connectivity index (χ3n) is 3.77. The predicted molar refractivity (Wildman–Crippen MR) is 92.3 cm³/mol. The summed E-state index contributed by atoms with van der Waals surface area (Å²) in [5, 5.41) is 0.599. The van der Waals surface area contributed by atoms with Crippen LogP contribution in [0.25, 0.3) is 0 Å².